The predicted octanol–water partition coefficient (Wildman–Crippen LogP) is 0.744. The van der Waals surface area contributed by atoms with E-state index in [9.17, 15) is 0 Å². The Labute approximate surface area is 97.8 Å². The van der Waals surface area contributed by atoms with Crippen molar-refractivity contribution in [2.45, 2.75) is 0 Å². The zero-order chi connectivity index (χ0) is 8.81. The zero-order valence-electron chi connectivity index (χ0n) is 8.43. The molecule has 0 saturated carbocycles. The summed E-state index contributed by atoms with van der Waals surface area (Å²) in [5, 5.41) is 6.03. The number of hydrogen-bond donors (Lipinski definition) is 2. The summed E-state index contributed by atoms with van der Waals surface area (Å²) < 4.78 is 0. The molecular weight excluding hydrogens is 223 g/mol. The molecule has 0 bridgehead atoms. The summed E-state index contributed by atoms with van der Waals surface area (Å²) in [6, 6.07) is 0. The minimum absolute atomic E-state index is 0. The third-order valence-corrected chi connectivity index (χ3v) is 1.58. The summed E-state index contributed by atoms with van der Waals surface area (Å²) >= 11 is 0. The lowest BCUT2D eigenvalue weighted by Crippen LogP contribution is -2.14. The predicted molar refractivity (Wildman–Crippen MR) is 64.3 cm³/mol. The van der Waals surface area contributed by atoms with E-state index in [0.29, 0.717) is 0 Å². The summed E-state index contributed by atoms with van der Waals surface area (Å²) in [6.45, 7) is 1.92. The van der Waals surface area contributed by atoms with Crippen molar-refractivity contribution in [1.29, 1.82) is 0 Å². The van der Waals surface area contributed by atoms with Crippen LogP contribution in [0.4, 0.5) is 0 Å². The monoisotopic (exact) mass is 240 g/mol. The van der Waals surface area contributed by atoms with Crippen molar-refractivity contribution in [2.24, 2.45) is 0 Å². The Morgan fingerprint density at radius 3 is 1.29 bits per heavy atom. The molecule has 0 saturated heterocycles. The second kappa shape index (κ2) is 8.84. The third-order valence-electron chi connectivity index (χ3n) is 1.58. The fraction of sp³-hybridized carbons (Fsp3) is 0.500. The lowest BCUT2D eigenvalue weighted by Gasteiger charge is -2.02. The molecule has 6 heteroatoms. The van der Waals surface area contributed by atoms with Crippen LogP contribution in [0, 0.1) is 0 Å². The first kappa shape index (κ1) is 15.7. The van der Waals surface area contributed by atoms with Gasteiger partial charge < -0.3 is 20.4 Å². The largest absolute Gasteiger partial charge is 0.373 e. The number of hydrogen-bond acceptors (Lipinski definition) is 4. The van der Waals surface area contributed by atoms with Crippen molar-refractivity contribution >= 4 is 24.8 Å². The van der Waals surface area contributed by atoms with Crippen molar-refractivity contribution in [2.75, 3.05) is 27.4 Å². The van der Waals surface area contributed by atoms with Crippen molar-refractivity contribution in [3.63, 3.8) is 0 Å². The highest BCUT2D eigenvalue weighted by atomic mass is 35.5. The molecule has 0 aromatic rings. The Balaban J connectivity index is 0. The van der Waals surface area contributed by atoms with Crippen LogP contribution in [0.25, 0.3) is 0 Å². The third kappa shape index (κ3) is 6.74. The number of rotatable bonds is 0. The molecule has 84 valence electrons. The van der Waals surface area contributed by atoms with Crippen molar-refractivity contribution in [3.8, 4) is 0 Å². The van der Waals surface area contributed by atoms with Gasteiger partial charge in [-0.25, -0.2) is 0 Å². The molecule has 0 fully saturated rings. The van der Waals surface area contributed by atoms with Crippen LogP contribution in [-0.4, -0.2) is 37.2 Å². The smallest absolute Gasteiger partial charge is 0.0864 e. The molecule has 2 N–H and O–H groups in total. The van der Waals surface area contributed by atoms with Crippen molar-refractivity contribution < 1.29 is 0 Å². The Kier molecular flexibility index (Phi) is 9.93. The average molecular weight is 241 g/mol. The molecule has 14 heavy (non-hydrogen) atoms. The number of nitrogens with zero attached hydrogens (tertiary/aromatic N) is 2. The first-order valence-electron chi connectivity index (χ1n) is 3.99. The van der Waals surface area contributed by atoms with Gasteiger partial charge in [0.2, 0.25) is 0 Å². The van der Waals surface area contributed by atoms with E-state index in [1.165, 1.54) is 0 Å². The SMILES string of the molecule is CN1C=CNC1.CN1C=CNC1.Cl.Cl. The van der Waals surface area contributed by atoms with E-state index in [2.05, 4.69) is 20.4 Å². The van der Waals surface area contributed by atoms with E-state index in [0.717, 1.165) is 13.3 Å². The second-order valence-electron chi connectivity index (χ2n) is 2.87. The molecule has 0 aromatic heterocycles. The van der Waals surface area contributed by atoms with Crippen LogP contribution in [0.2, 0.25) is 0 Å². The zero-order valence-corrected chi connectivity index (χ0v) is 10.1. The highest BCUT2D eigenvalue weighted by Gasteiger charge is 1.91. The summed E-state index contributed by atoms with van der Waals surface area (Å²) in [4.78, 5) is 4.14. The van der Waals surface area contributed by atoms with Gasteiger partial charge in [-0.3, -0.25) is 0 Å². The molecule has 0 spiro atoms. The molecule has 2 rings (SSSR count). The fourth-order valence-corrected chi connectivity index (χ4v) is 0.859. The Hall–Kier alpha value is -0.740. The van der Waals surface area contributed by atoms with Gasteiger partial charge in [-0.1, -0.05) is 0 Å². The maximum absolute atomic E-state index is 3.02. The van der Waals surface area contributed by atoms with Gasteiger partial charge in [-0.15, -0.1) is 24.8 Å². The van der Waals surface area contributed by atoms with Gasteiger partial charge in [-0.2, -0.15) is 0 Å². The first-order valence-corrected chi connectivity index (χ1v) is 3.99. The molecule has 0 unspecified atom stereocenters. The van der Waals surface area contributed by atoms with Crippen LogP contribution < -0.4 is 10.6 Å². The van der Waals surface area contributed by atoms with Crippen molar-refractivity contribution in [1.82, 2.24) is 20.4 Å². The van der Waals surface area contributed by atoms with Gasteiger partial charge in [0.15, 0.2) is 0 Å². The number of halogens is 2. The van der Waals surface area contributed by atoms with Crippen LogP contribution in [0.3, 0.4) is 0 Å². The minimum atomic E-state index is 0. The summed E-state index contributed by atoms with van der Waals surface area (Å²) in [5.41, 5.74) is 0. The average Bonchev–Trinajstić information content (AvgIpc) is 2.63. The lowest BCUT2D eigenvalue weighted by atomic mass is 10.9. The maximum atomic E-state index is 3.02. The fourth-order valence-electron chi connectivity index (χ4n) is 0.859. The quantitative estimate of drug-likeness (QED) is 0.655. The van der Waals surface area contributed by atoms with Gasteiger partial charge in [0, 0.05) is 38.9 Å². The first-order chi connectivity index (χ1) is 5.79. The molecule has 4 nitrogen and oxygen atoms in total. The summed E-state index contributed by atoms with van der Waals surface area (Å²) in [5.74, 6) is 0. The van der Waals surface area contributed by atoms with E-state index in [1.54, 1.807) is 0 Å². The van der Waals surface area contributed by atoms with Gasteiger partial charge in [0.05, 0.1) is 13.3 Å². The summed E-state index contributed by atoms with van der Waals surface area (Å²) in [7, 11) is 4.05. The standard InChI is InChI=1S/2C4H8N2.2ClH/c2*1-6-3-2-5-4-6;;/h2*2-3,5H,4H2,1H3;2*1H. The Bertz CT molecular complexity index is 164. The molecular formula is C8H18Cl2N4. The normalized spacial score (nSPS) is 15.9. The molecule has 2 heterocycles. The Morgan fingerprint density at radius 2 is 1.21 bits per heavy atom. The number of nitrogens with one attached hydrogen (secondary N) is 2. The molecule has 0 atom stereocenters. The molecule has 2 aliphatic heterocycles. The van der Waals surface area contributed by atoms with Gasteiger partial charge in [0.1, 0.15) is 0 Å². The Morgan fingerprint density at radius 1 is 0.857 bits per heavy atom. The maximum Gasteiger partial charge on any atom is 0.0864 e. The van der Waals surface area contributed by atoms with E-state index < -0.39 is 0 Å². The second-order valence-corrected chi connectivity index (χ2v) is 2.87. The topological polar surface area (TPSA) is 30.5 Å². The van der Waals surface area contributed by atoms with Gasteiger partial charge in [-0.05, 0) is 0 Å². The highest BCUT2D eigenvalue weighted by molar-refractivity contribution is 5.85. The molecule has 2 aliphatic rings. The van der Waals surface area contributed by atoms with E-state index >= 15 is 0 Å². The van der Waals surface area contributed by atoms with Crippen LogP contribution in [0.5, 0.6) is 0 Å². The lowest BCUT2D eigenvalue weighted by molar-refractivity contribution is 0.474. The molecule has 0 radical (unpaired) electrons. The van der Waals surface area contributed by atoms with E-state index in [1.807, 2.05) is 38.9 Å². The van der Waals surface area contributed by atoms with Crippen LogP contribution in [0.1, 0.15) is 0 Å². The molecule has 0 aromatic carbocycles. The van der Waals surface area contributed by atoms with E-state index in [4.69, 9.17) is 0 Å². The van der Waals surface area contributed by atoms with Crippen LogP contribution >= 0.6 is 24.8 Å². The van der Waals surface area contributed by atoms with Crippen LogP contribution in [-0.2, 0) is 0 Å². The summed E-state index contributed by atoms with van der Waals surface area (Å²) in [6.07, 6.45) is 7.86. The van der Waals surface area contributed by atoms with Gasteiger partial charge >= 0.3 is 0 Å². The minimum Gasteiger partial charge on any atom is -0.373 e. The molecule has 0 amide bonds. The van der Waals surface area contributed by atoms with E-state index in [-0.39, 0.29) is 24.8 Å². The van der Waals surface area contributed by atoms with Gasteiger partial charge in [0.25, 0.3) is 0 Å². The van der Waals surface area contributed by atoms with Crippen molar-refractivity contribution in [3.05, 3.63) is 24.8 Å². The highest BCUT2D eigenvalue weighted by Crippen LogP contribution is 1.85. The molecule has 0 aliphatic carbocycles. The van der Waals surface area contributed by atoms with Crippen LogP contribution in [0.15, 0.2) is 24.8 Å².